The average molecular weight is 300 g/mol. The number of ether oxygens (including phenoxy) is 1. The van der Waals surface area contributed by atoms with Crippen molar-refractivity contribution in [2.24, 2.45) is 5.92 Å². The minimum absolute atomic E-state index is 0.0640. The average Bonchev–Trinajstić information content (AvgIpc) is 2.97. The number of hydrogen-bond donors (Lipinski definition) is 2. The van der Waals surface area contributed by atoms with Gasteiger partial charge in [-0.1, -0.05) is 31.6 Å². The molecule has 1 saturated carbocycles. The second kappa shape index (κ2) is 6.97. The van der Waals surface area contributed by atoms with E-state index in [1.54, 1.807) is 6.08 Å². The fourth-order valence-corrected chi connectivity index (χ4v) is 3.57. The van der Waals surface area contributed by atoms with Crippen LogP contribution < -0.4 is 15.4 Å². The summed E-state index contributed by atoms with van der Waals surface area (Å²) in [6, 6.07) is 7.97. The SMILES string of the molecule is C=CCOc1cccc(NC(=O)C2CC3CCCCC3N2)c1. The number of benzene rings is 1. The van der Waals surface area contributed by atoms with Crippen LogP contribution in [0.25, 0.3) is 0 Å². The predicted molar refractivity (Wildman–Crippen MR) is 88.1 cm³/mol. The van der Waals surface area contributed by atoms with Gasteiger partial charge in [0.2, 0.25) is 5.91 Å². The fraction of sp³-hybridized carbons (Fsp3) is 0.500. The maximum absolute atomic E-state index is 12.5. The third-order valence-electron chi connectivity index (χ3n) is 4.65. The molecule has 1 saturated heterocycles. The largest absolute Gasteiger partial charge is 0.489 e. The van der Waals surface area contributed by atoms with Crippen molar-refractivity contribution in [1.29, 1.82) is 0 Å². The third-order valence-corrected chi connectivity index (χ3v) is 4.65. The molecule has 4 nitrogen and oxygen atoms in total. The van der Waals surface area contributed by atoms with Gasteiger partial charge in [0.15, 0.2) is 0 Å². The maximum atomic E-state index is 12.5. The highest BCUT2D eigenvalue weighted by Crippen LogP contribution is 2.33. The molecule has 3 unspecified atom stereocenters. The molecule has 0 radical (unpaired) electrons. The Morgan fingerprint density at radius 2 is 2.27 bits per heavy atom. The molecule has 1 aliphatic heterocycles. The van der Waals surface area contributed by atoms with E-state index in [2.05, 4.69) is 17.2 Å². The molecule has 1 aliphatic carbocycles. The Morgan fingerprint density at radius 3 is 3.09 bits per heavy atom. The van der Waals surface area contributed by atoms with Crippen molar-refractivity contribution in [2.75, 3.05) is 11.9 Å². The minimum Gasteiger partial charge on any atom is -0.489 e. The first kappa shape index (κ1) is 15.1. The van der Waals surface area contributed by atoms with Gasteiger partial charge < -0.3 is 15.4 Å². The maximum Gasteiger partial charge on any atom is 0.241 e. The van der Waals surface area contributed by atoms with E-state index in [-0.39, 0.29) is 11.9 Å². The molecule has 22 heavy (non-hydrogen) atoms. The lowest BCUT2D eigenvalue weighted by Crippen LogP contribution is -2.39. The molecule has 4 heteroatoms. The summed E-state index contributed by atoms with van der Waals surface area (Å²) in [5.74, 6) is 1.48. The second-order valence-corrected chi connectivity index (χ2v) is 6.22. The van der Waals surface area contributed by atoms with E-state index in [1.165, 1.54) is 25.7 Å². The smallest absolute Gasteiger partial charge is 0.241 e. The van der Waals surface area contributed by atoms with Crippen LogP contribution in [0.1, 0.15) is 32.1 Å². The van der Waals surface area contributed by atoms with Gasteiger partial charge in [-0.3, -0.25) is 4.79 Å². The highest BCUT2D eigenvalue weighted by molar-refractivity contribution is 5.95. The van der Waals surface area contributed by atoms with Crippen LogP contribution in [0, 0.1) is 5.92 Å². The first-order valence-corrected chi connectivity index (χ1v) is 8.17. The number of carbonyl (C=O) groups excluding carboxylic acids is 1. The molecular weight excluding hydrogens is 276 g/mol. The van der Waals surface area contributed by atoms with Crippen LogP contribution in [0.3, 0.4) is 0 Å². The van der Waals surface area contributed by atoms with Crippen LogP contribution in [-0.2, 0) is 4.79 Å². The Bertz CT molecular complexity index is 530. The molecular formula is C18H24N2O2. The molecule has 1 aromatic rings. The summed E-state index contributed by atoms with van der Waals surface area (Å²) in [6.45, 7) is 4.09. The Hall–Kier alpha value is -1.81. The third kappa shape index (κ3) is 3.50. The minimum atomic E-state index is -0.0640. The normalized spacial score (nSPS) is 27.0. The molecule has 2 fully saturated rings. The molecule has 118 valence electrons. The zero-order valence-electron chi connectivity index (χ0n) is 12.9. The second-order valence-electron chi connectivity index (χ2n) is 6.22. The van der Waals surface area contributed by atoms with Gasteiger partial charge in [0.1, 0.15) is 12.4 Å². The summed E-state index contributed by atoms with van der Waals surface area (Å²) in [5.41, 5.74) is 0.781. The van der Waals surface area contributed by atoms with Crippen molar-refractivity contribution in [3.63, 3.8) is 0 Å². The molecule has 1 amide bonds. The monoisotopic (exact) mass is 300 g/mol. The van der Waals surface area contributed by atoms with Crippen molar-refractivity contribution < 1.29 is 9.53 Å². The summed E-state index contributed by atoms with van der Waals surface area (Å²) < 4.78 is 5.50. The molecule has 0 aromatic heterocycles. The lowest BCUT2D eigenvalue weighted by molar-refractivity contribution is -0.117. The number of amides is 1. The lowest BCUT2D eigenvalue weighted by Gasteiger charge is -2.24. The van der Waals surface area contributed by atoms with Crippen molar-refractivity contribution in [3.8, 4) is 5.75 Å². The lowest BCUT2D eigenvalue weighted by atomic mass is 9.85. The van der Waals surface area contributed by atoms with Crippen LogP contribution in [-0.4, -0.2) is 24.6 Å². The number of fused-ring (bicyclic) bond motifs is 1. The molecule has 2 aliphatic rings. The summed E-state index contributed by atoms with van der Waals surface area (Å²) in [5, 5.41) is 6.51. The first-order valence-electron chi connectivity index (χ1n) is 8.17. The predicted octanol–water partition coefficient (Wildman–Crippen LogP) is 3.11. The molecule has 1 aromatic carbocycles. The van der Waals surface area contributed by atoms with E-state index in [0.29, 0.717) is 18.6 Å². The zero-order chi connectivity index (χ0) is 15.4. The van der Waals surface area contributed by atoms with Gasteiger partial charge in [0.25, 0.3) is 0 Å². The van der Waals surface area contributed by atoms with Gasteiger partial charge in [0.05, 0.1) is 6.04 Å². The van der Waals surface area contributed by atoms with Gasteiger partial charge in [-0.15, -0.1) is 0 Å². The Balaban J connectivity index is 1.58. The van der Waals surface area contributed by atoms with Crippen molar-refractivity contribution in [1.82, 2.24) is 5.32 Å². The fourth-order valence-electron chi connectivity index (χ4n) is 3.57. The Kier molecular flexibility index (Phi) is 4.78. The van der Waals surface area contributed by atoms with E-state index < -0.39 is 0 Å². The van der Waals surface area contributed by atoms with Crippen molar-refractivity contribution in [3.05, 3.63) is 36.9 Å². The quantitative estimate of drug-likeness (QED) is 0.822. The highest BCUT2D eigenvalue weighted by Gasteiger charge is 2.38. The number of nitrogens with one attached hydrogen (secondary N) is 2. The van der Waals surface area contributed by atoms with E-state index in [4.69, 9.17) is 4.74 Å². The van der Waals surface area contributed by atoms with Gasteiger partial charge >= 0.3 is 0 Å². The Labute approximate surface area is 131 Å². The molecule has 1 heterocycles. The van der Waals surface area contributed by atoms with Crippen molar-refractivity contribution >= 4 is 11.6 Å². The molecule has 0 bridgehead atoms. The van der Waals surface area contributed by atoms with Crippen LogP contribution in [0.2, 0.25) is 0 Å². The van der Waals surface area contributed by atoms with Crippen LogP contribution >= 0.6 is 0 Å². The summed E-state index contributed by atoms with van der Waals surface area (Å²) >= 11 is 0. The van der Waals surface area contributed by atoms with Crippen molar-refractivity contribution in [2.45, 2.75) is 44.2 Å². The van der Waals surface area contributed by atoms with Gasteiger partial charge in [-0.05, 0) is 37.3 Å². The van der Waals surface area contributed by atoms with Gasteiger partial charge in [0, 0.05) is 17.8 Å². The van der Waals surface area contributed by atoms with E-state index in [9.17, 15) is 4.79 Å². The summed E-state index contributed by atoms with van der Waals surface area (Å²) in [4.78, 5) is 12.5. The summed E-state index contributed by atoms with van der Waals surface area (Å²) in [6.07, 6.45) is 7.72. The van der Waals surface area contributed by atoms with Crippen LogP contribution in [0.4, 0.5) is 5.69 Å². The Morgan fingerprint density at radius 1 is 1.41 bits per heavy atom. The standard InChI is InChI=1S/C18H24N2O2/c1-2-10-22-15-8-5-7-14(12-15)19-18(21)17-11-13-6-3-4-9-16(13)20-17/h2,5,7-8,12-13,16-17,20H,1,3-4,6,9-11H2,(H,19,21). The van der Waals surface area contributed by atoms with E-state index in [1.807, 2.05) is 24.3 Å². The number of anilines is 1. The summed E-state index contributed by atoms with van der Waals surface area (Å²) in [7, 11) is 0. The van der Waals surface area contributed by atoms with Gasteiger partial charge in [-0.25, -0.2) is 0 Å². The van der Waals surface area contributed by atoms with E-state index in [0.717, 1.165) is 17.9 Å². The molecule has 3 rings (SSSR count). The van der Waals surface area contributed by atoms with Crippen LogP contribution in [0.5, 0.6) is 5.75 Å². The number of rotatable bonds is 5. The van der Waals surface area contributed by atoms with Gasteiger partial charge in [-0.2, -0.15) is 0 Å². The van der Waals surface area contributed by atoms with E-state index >= 15 is 0 Å². The van der Waals surface area contributed by atoms with Crippen LogP contribution in [0.15, 0.2) is 36.9 Å². The number of carbonyl (C=O) groups is 1. The molecule has 0 spiro atoms. The zero-order valence-corrected chi connectivity index (χ0v) is 12.9. The molecule has 3 atom stereocenters. The first-order chi connectivity index (χ1) is 10.8. The highest BCUT2D eigenvalue weighted by atomic mass is 16.5. The topological polar surface area (TPSA) is 50.4 Å². The number of hydrogen-bond acceptors (Lipinski definition) is 3. The molecule has 2 N–H and O–H groups in total.